The summed E-state index contributed by atoms with van der Waals surface area (Å²) in [5.41, 5.74) is 8.52. The normalized spacial score (nSPS) is 20.1. The van der Waals surface area contributed by atoms with Crippen molar-refractivity contribution in [2.45, 2.75) is 37.8 Å². The molecule has 0 aromatic heterocycles. The third-order valence-corrected chi connectivity index (χ3v) is 4.75. The molecule has 132 valence electrons. The van der Waals surface area contributed by atoms with E-state index < -0.39 is 5.91 Å². The smallest absolute Gasteiger partial charge is 0.254 e. The van der Waals surface area contributed by atoms with Gasteiger partial charge < -0.3 is 20.9 Å². The minimum absolute atomic E-state index is 0.216. The number of carbonyl (C=O) groups is 1. The zero-order valence-electron chi connectivity index (χ0n) is 14.4. The molecule has 5 nitrogen and oxygen atoms in total. The van der Waals surface area contributed by atoms with Gasteiger partial charge in [-0.25, -0.2) is 0 Å². The quantitative estimate of drug-likeness (QED) is 0.780. The summed E-state index contributed by atoms with van der Waals surface area (Å²) < 4.78 is 5.56. The van der Waals surface area contributed by atoms with Crippen molar-refractivity contribution in [2.24, 2.45) is 5.73 Å². The molecule has 1 aliphatic rings. The number of nitrogens with one attached hydrogen (secondary N) is 1. The highest BCUT2D eigenvalue weighted by Crippen LogP contribution is 2.38. The molecule has 0 bridgehead atoms. The highest BCUT2D eigenvalue weighted by molar-refractivity contribution is 6.03. The molecule has 4 N–H and O–H groups in total. The maximum atomic E-state index is 12.1. The highest BCUT2D eigenvalue weighted by atomic mass is 16.5. The third-order valence-electron chi connectivity index (χ3n) is 4.75. The fraction of sp³-hybridized carbons (Fsp3) is 0.350. The van der Waals surface area contributed by atoms with Gasteiger partial charge in [0.15, 0.2) is 0 Å². The van der Waals surface area contributed by atoms with Crippen molar-refractivity contribution in [3.05, 3.63) is 48.0 Å². The first-order chi connectivity index (χ1) is 12.1. The number of nitrogens with two attached hydrogens (primary N) is 1. The number of aliphatic hydroxyl groups excluding tert-OH is 1. The lowest BCUT2D eigenvalue weighted by Crippen LogP contribution is -2.29. The molecular weight excluding hydrogens is 316 g/mol. The first-order valence-electron chi connectivity index (χ1n) is 8.61. The maximum absolute atomic E-state index is 12.1. The second-order valence-corrected chi connectivity index (χ2v) is 6.45. The molecule has 0 heterocycles. The van der Waals surface area contributed by atoms with Crippen molar-refractivity contribution in [3.8, 4) is 16.9 Å². The lowest BCUT2D eigenvalue weighted by atomic mass is 9.92. The first kappa shape index (κ1) is 17.3. The van der Waals surface area contributed by atoms with Gasteiger partial charge in [0.1, 0.15) is 11.3 Å². The number of rotatable bonds is 5. The lowest BCUT2D eigenvalue weighted by Gasteiger charge is -2.28. The van der Waals surface area contributed by atoms with Crippen LogP contribution in [-0.2, 0) is 0 Å². The fourth-order valence-electron chi connectivity index (χ4n) is 3.44. The van der Waals surface area contributed by atoms with Gasteiger partial charge in [-0.3, -0.25) is 4.79 Å². The van der Waals surface area contributed by atoms with Crippen LogP contribution in [-0.4, -0.2) is 30.3 Å². The van der Waals surface area contributed by atoms with Gasteiger partial charge in [-0.15, -0.1) is 0 Å². The van der Waals surface area contributed by atoms with E-state index >= 15 is 0 Å². The Balaban J connectivity index is 1.98. The summed E-state index contributed by atoms with van der Waals surface area (Å²) in [7, 11) is 1.55. The Bertz CT molecular complexity index is 738. The summed E-state index contributed by atoms with van der Waals surface area (Å²) in [5.74, 6) is -0.0347. The van der Waals surface area contributed by atoms with Crippen LogP contribution in [0.3, 0.4) is 0 Å². The van der Waals surface area contributed by atoms with Crippen molar-refractivity contribution in [1.82, 2.24) is 0 Å². The molecule has 0 unspecified atom stereocenters. The molecule has 25 heavy (non-hydrogen) atoms. The monoisotopic (exact) mass is 340 g/mol. The van der Waals surface area contributed by atoms with E-state index in [1.807, 2.05) is 42.5 Å². The number of hydrogen-bond acceptors (Lipinski definition) is 4. The minimum Gasteiger partial charge on any atom is -0.495 e. The lowest BCUT2D eigenvalue weighted by molar-refractivity contribution is 0.0997. The average molecular weight is 340 g/mol. The van der Waals surface area contributed by atoms with Gasteiger partial charge in [0, 0.05) is 11.6 Å². The van der Waals surface area contributed by atoms with Gasteiger partial charge in [0.2, 0.25) is 0 Å². The molecule has 0 spiro atoms. The van der Waals surface area contributed by atoms with Crippen LogP contribution in [0.2, 0.25) is 0 Å². The van der Waals surface area contributed by atoms with Gasteiger partial charge in [-0.05, 0) is 43.4 Å². The minimum atomic E-state index is -0.520. The van der Waals surface area contributed by atoms with Crippen molar-refractivity contribution in [1.29, 1.82) is 0 Å². The summed E-state index contributed by atoms with van der Waals surface area (Å²) in [4.78, 5) is 12.1. The fourth-order valence-corrected chi connectivity index (χ4v) is 3.44. The van der Waals surface area contributed by atoms with E-state index in [2.05, 4.69) is 5.32 Å². The van der Waals surface area contributed by atoms with Crippen LogP contribution < -0.4 is 15.8 Å². The molecule has 1 saturated carbocycles. The van der Waals surface area contributed by atoms with Crippen LogP contribution in [0.1, 0.15) is 36.0 Å². The van der Waals surface area contributed by atoms with Gasteiger partial charge in [-0.1, -0.05) is 30.3 Å². The summed E-state index contributed by atoms with van der Waals surface area (Å²) in [6.07, 6.45) is 3.04. The SMILES string of the molecule is COc1c(-c2ccccc2)ccc(N[C@H]2CC[C@H](O)CC2)c1C(N)=O. The number of carbonyl (C=O) groups excluding carboxylic acids is 1. The molecule has 1 fully saturated rings. The predicted octanol–water partition coefficient (Wildman–Crippen LogP) is 3.18. The van der Waals surface area contributed by atoms with E-state index in [0.29, 0.717) is 17.0 Å². The van der Waals surface area contributed by atoms with Crippen LogP contribution in [0.5, 0.6) is 5.75 Å². The number of anilines is 1. The van der Waals surface area contributed by atoms with E-state index in [-0.39, 0.29) is 12.1 Å². The standard InChI is InChI=1S/C20H24N2O3/c1-25-19-16(13-5-3-2-4-6-13)11-12-17(18(19)20(21)24)22-14-7-9-15(23)10-8-14/h2-6,11-12,14-15,22-23H,7-10H2,1H3,(H2,21,24)/t14-,15-. The van der Waals surface area contributed by atoms with E-state index in [1.54, 1.807) is 7.11 Å². The number of hydrogen-bond donors (Lipinski definition) is 3. The molecule has 1 amide bonds. The number of primary amides is 1. The molecule has 0 saturated heterocycles. The molecule has 0 radical (unpaired) electrons. The largest absolute Gasteiger partial charge is 0.495 e. The first-order valence-corrected chi connectivity index (χ1v) is 8.61. The second kappa shape index (κ2) is 7.57. The van der Waals surface area contributed by atoms with Crippen molar-refractivity contribution < 1.29 is 14.6 Å². The molecule has 2 aromatic rings. The van der Waals surface area contributed by atoms with E-state index in [4.69, 9.17) is 10.5 Å². The number of ether oxygens (including phenoxy) is 1. The van der Waals surface area contributed by atoms with Crippen molar-refractivity contribution >= 4 is 11.6 Å². The van der Waals surface area contributed by atoms with E-state index in [9.17, 15) is 9.90 Å². The van der Waals surface area contributed by atoms with Crippen molar-refractivity contribution in [3.63, 3.8) is 0 Å². The molecule has 3 rings (SSSR count). The summed E-state index contributed by atoms with van der Waals surface area (Å²) in [6.45, 7) is 0. The Morgan fingerprint density at radius 3 is 2.40 bits per heavy atom. The zero-order chi connectivity index (χ0) is 17.8. The average Bonchev–Trinajstić information content (AvgIpc) is 2.63. The maximum Gasteiger partial charge on any atom is 0.254 e. The molecule has 1 aliphatic carbocycles. The Kier molecular flexibility index (Phi) is 5.24. The third kappa shape index (κ3) is 3.77. The van der Waals surface area contributed by atoms with Gasteiger partial charge in [0.05, 0.1) is 18.9 Å². The van der Waals surface area contributed by atoms with Crippen molar-refractivity contribution in [2.75, 3.05) is 12.4 Å². The van der Waals surface area contributed by atoms with Gasteiger partial charge in [-0.2, -0.15) is 0 Å². The van der Waals surface area contributed by atoms with Crippen LogP contribution in [0.25, 0.3) is 11.1 Å². The number of aliphatic hydroxyl groups is 1. The molecule has 0 aliphatic heterocycles. The molecular formula is C20H24N2O3. The van der Waals surface area contributed by atoms with Gasteiger partial charge in [0.25, 0.3) is 5.91 Å². The topological polar surface area (TPSA) is 84.6 Å². The number of methoxy groups -OCH3 is 1. The Morgan fingerprint density at radius 2 is 1.80 bits per heavy atom. The van der Waals surface area contributed by atoms with Crippen LogP contribution >= 0.6 is 0 Å². The van der Waals surface area contributed by atoms with E-state index in [0.717, 1.165) is 36.8 Å². The summed E-state index contributed by atoms with van der Waals surface area (Å²) >= 11 is 0. The Hall–Kier alpha value is -2.53. The van der Waals surface area contributed by atoms with Crippen LogP contribution in [0.15, 0.2) is 42.5 Å². The summed E-state index contributed by atoms with van der Waals surface area (Å²) in [5, 5.41) is 13.1. The second-order valence-electron chi connectivity index (χ2n) is 6.45. The molecule has 2 aromatic carbocycles. The summed E-state index contributed by atoms with van der Waals surface area (Å²) in [6, 6.07) is 13.8. The van der Waals surface area contributed by atoms with Crippen LogP contribution in [0, 0.1) is 0 Å². The molecule has 5 heteroatoms. The number of benzene rings is 2. The Labute approximate surface area is 147 Å². The number of amides is 1. The predicted molar refractivity (Wildman–Crippen MR) is 98.8 cm³/mol. The molecule has 0 atom stereocenters. The van der Waals surface area contributed by atoms with Crippen LogP contribution in [0.4, 0.5) is 5.69 Å². The van der Waals surface area contributed by atoms with Gasteiger partial charge >= 0.3 is 0 Å². The van der Waals surface area contributed by atoms with E-state index in [1.165, 1.54) is 0 Å². The highest BCUT2D eigenvalue weighted by Gasteiger charge is 2.24. The zero-order valence-corrected chi connectivity index (χ0v) is 14.4. The Morgan fingerprint density at radius 1 is 1.12 bits per heavy atom.